The molecule has 0 aliphatic carbocycles. The summed E-state index contributed by atoms with van der Waals surface area (Å²) >= 11 is 0. The Morgan fingerprint density at radius 2 is 1.68 bits per heavy atom. The second-order valence-electron chi connectivity index (χ2n) is 6.12. The molecule has 9 nitrogen and oxygen atoms in total. The van der Waals surface area contributed by atoms with Crippen LogP contribution in [-0.4, -0.2) is 23.4 Å². The molecule has 0 saturated heterocycles. The van der Waals surface area contributed by atoms with E-state index in [-0.39, 0.29) is 12.2 Å². The molecule has 2 heterocycles. The monoisotopic (exact) mass is 382 g/mol. The van der Waals surface area contributed by atoms with Gasteiger partial charge in [-0.15, -0.1) is 0 Å². The van der Waals surface area contributed by atoms with Crippen molar-refractivity contribution in [1.29, 1.82) is 0 Å². The number of carbonyl (C=O) groups is 2. The van der Waals surface area contributed by atoms with Crippen LogP contribution in [0, 0.1) is 10.1 Å². The molecule has 1 N–H and O–H groups in total. The number of benzene rings is 2. The highest BCUT2D eigenvalue weighted by molar-refractivity contribution is 5.93. The van der Waals surface area contributed by atoms with Gasteiger partial charge in [0.15, 0.2) is 0 Å². The lowest BCUT2D eigenvalue weighted by molar-refractivity contribution is -0.384. The average Bonchev–Trinajstić information content (AvgIpc) is 2.83. The first-order chi connectivity index (χ1) is 13.5. The molecule has 0 aromatic heterocycles. The molecule has 0 saturated carbocycles. The SMILES string of the molecule is O=C1C=CC(=O)OC2(NCC(Oc3ccc([N+](=O)[O-])cc3)c3ccccc32)O1. The van der Waals surface area contributed by atoms with E-state index < -0.39 is 28.9 Å². The van der Waals surface area contributed by atoms with Crippen molar-refractivity contribution >= 4 is 17.6 Å². The lowest BCUT2D eigenvalue weighted by Crippen LogP contribution is -2.54. The Balaban J connectivity index is 1.65. The van der Waals surface area contributed by atoms with Gasteiger partial charge in [0.1, 0.15) is 11.9 Å². The van der Waals surface area contributed by atoms with Gasteiger partial charge in [0.2, 0.25) is 0 Å². The molecule has 1 unspecified atom stereocenters. The average molecular weight is 382 g/mol. The van der Waals surface area contributed by atoms with E-state index in [4.69, 9.17) is 14.2 Å². The van der Waals surface area contributed by atoms with Gasteiger partial charge in [0.05, 0.1) is 10.5 Å². The third-order valence-electron chi connectivity index (χ3n) is 4.35. The number of nitrogens with zero attached hydrogens (tertiary/aromatic N) is 1. The highest BCUT2D eigenvalue weighted by Gasteiger charge is 2.48. The summed E-state index contributed by atoms with van der Waals surface area (Å²) in [4.78, 5) is 34.1. The molecule has 9 heteroatoms. The molecule has 2 aliphatic rings. The van der Waals surface area contributed by atoms with Crippen LogP contribution in [0.2, 0.25) is 0 Å². The molecule has 0 bridgehead atoms. The van der Waals surface area contributed by atoms with Crippen molar-refractivity contribution in [3.63, 3.8) is 0 Å². The molecule has 2 aromatic carbocycles. The van der Waals surface area contributed by atoms with Crippen molar-refractivity contribution in [2.75, 3.05) is 6.54 Å². The van der Waals surface area contributed by atoms with Crippen molar-refractivity contribution < 1.29 is 28.7 Å². The summed E-state index contributed by atoms with van der Waals surface area (Å²) in [6.45, 7) is 0.161. The summed E-state index contributed by atoms with van der Waals surface area (Å²) in [6, 6.07) is 12.6. The molecule has 0 amide bonds. The molecule has 0 fully saturated rings. The predicted molar refractivity (Wildman–Crippen MR) is 93.9 cm³/mol. The number of esters is 2. The lowest BCUT2D eigenvalue weighted by atomic mass is 9.95. The molecule has 142 valence electrons. The molecule has 28 heavy (non-hydrogen) atoms. The quantitative estimate of drug-likeness (QED) is 0.487. The molecule has 1 spiro atoms. The number of nitro groups is 1. The summed E-state index contributed by atoms with van der Waals surface area (Å²) in [7, 11) is 0. The van der Waals surface area contributed by atoms with Crippen molar-refractivity contribution in [3.8, 4) is 5.75 Å². The molecular formula is C19H14N2O7. The summed E-state index contributed by atoms with van der Waals surface area (Å²) < 4.78 is 16.7. The number of non-ortho nitro benzene ring substituents is 1. The van der Waals surface area contributed by atoms with Crippen molar-refractivity contribution in [2.45, 2.75) is 12.0 Å². The third-order valence-corrected chi connectivity index (χ3v) is 4.35. The predicted octanol–water partition coefficient (Wildman–Crippen LogP) is 2.08. The van der Waals surface area contributed by atoms with Crippen LogP contribution in [0.25, 0.3) is 0 Å². The topological polar surface area (TPSA) is 117 Å². The molecule has 2 aliphatic heterocycles. The van der Waals surface area contributed by atoms with Crippen LogP contribution in [0.3, 0.4) is 0 Å². The van der Waals surface area contributed by atoms with Crippen LogP contribution >= 0.6 is 0 Å². The summed E-state index contributed by atoms with van der Waals surface area (Å²) in [5, 5.41) is 13.7. The minimum absolute atomic E-state index is 0.0433. The zero-order valence-corrected chi connectivity index (χ0v) is 14.4. The molecule has 1 atom stereocenters. The van der Waals surface area contributed by atoms with Crippen LogP contribution in [0.4, 0.5) is 5.69 Å². The Kier molecular flexibility index (Phi) is 4.28. The number of carbonyl (C=O) groups excluding carboxylic acids is 2. The maximum Gasteiger partial charge on any atom is 0.347 e. The number of fused-ring (bicyclic) bond motifs is 2. The normalized spacial score (nSPS) is 19.9. The molecule has 4 rings (SSSR count). The largest absolute Gasteiger partial charge is 0.484 e. The fourth-order valence-electron chi connectivity index (χ4n) is 3.12. The van der Waals surface area contributed by atoms with Crippen LogP contribution in [0.5, 0.6) is 5.75 Å². The van der Waals surface area contributed by atoms with E-state index in [1.54, 1.807) is 24.3 Å². The van der Waals surface area contributed by atoms with Gasteiger partial charge < -0.3 is 14.2 Å². The number of rotatable bonds is 3. The maximum absolute atomic E-state index is 11.9. The fraction of sp³-hybridized carbons (Fsp3) is 0.158. The van der Waals surface area contributed by atoms with E-state index in [9.17, 15) is 19.7 Å². The smallest absolute Gasteiger partial charge is 0.347 e. The van der Waals surface area contributed by atoms with Gasteiger partial charge in [-0.1, -0.05) is 18.2 Å². The first kappa shape index (κ1) is 17.7. The van der Waals surface area contributed by atoms with Crippen molar-refractivity contribution in [3.05, 3.63) is 81.9 Å². The number of nitrogens with one attached hydrogen (secondary N) is 1. The second-order valence-corrected chi connectivity index (χ2v) is 6.12. The van der Waals surface area contributed by atoms with Crippen molar-refractivity contribution in [2.24, 2.45) is 0 Å². The zero-order chi connectivity index (χ0) is 19.7. The van der Waals surface area contributed by atoms with E-state index in [0.29, 0.717) is 16.9 Å². The van der Waals surface area contributed by atoms with E-state index in [2.05, 4.69) is 5.32 Å². The molecular weight excluding hydrogens is 368 g/mol. The first-order valence-corrected chi connectivity index (χ1v) is 8.36. The van der Waals surface area contributed by atoms with Gasteiger partial charge in [-0.3, -0.25) is 10.1 Å². The number of hydrogen-bond acceptors (Lipinski definition) is 8. The van der Waals surface area contributed by atoms with Crippen LogP contribution in [0.1, 0.15) is 17.2 Å². The summed E-state index contributed by atoms with van der Waals surface area (Å²) in [6.07, 6.45) is 1.50. The lowest BCUT2D eigenvalue weighted by Gasteiger charge is -2.39. The van der Waals surface area contributed by atoms with Crippen LogP contribution in [0.15, 0.2) is 60.7 Å². The number of hydrogen-bond donors (Lipinski definition) is 1. The van der Waals surface area contributed by atoms with Gasteiger partial charge in [-0.2, -0.15) is 0 Å². The van der Waals surface area contributed by atoms with E-state index in [0.717, 1.165) is 12.2 Å². The van der Waals surface area contributed by atoms with Crippen LogP contribution in [-0.2, 0) is 25.0 Å². The Morgan fingerprint density at radius 1 is 1.04 bits per heavy atom. The number of nitro benzene ring substituents is 1. The zero-order valence-electron chi connectivity index (χ0n) is 14.4. The second kappa shape index (κ2) is 6.78. The van der Waals surface area contributed by atoms with Gasteiger partial charge in [-0.05, 0) is 18.2 Å². The Bertz CT molecular complexity index is 964. The minimum Gasteiger partial charge on any atom is -0.484 e. The highest BCUT2D eigenvalue weighted by atomic mass is 16.8. The Labute approximate surface area is 158 Å². The third kappa shape index (κ3) is 3.19. The standard InChI is InChI=1S/C19H14N2O7/c22-17-9-10-18(23)28-19(27-17)15-4-2-1-3-14(15)16(11-20-19)26-13-7-5-12(6-8-13)21(24)25/h1-10,16,20H,11H2. The molecule has 0 radical (unpaired) electrons. The fourth-order valence-corrected chi connectivity index (χ4v) is 3.12. The number of ether oxygens (including phenoxy) is 3. The molecule has 2 aromatic rings. The van der Waals surface area contributed by atoms with Crippen molar-refractivity contribution in [1.82, 2.24) is 5.32 Å². The minimum atomic E-state index is -1.75. The summed E-state index contributed by atoms with van der Waals surface area (Å²) in [5.41, 5.74) is 1.04. The van der Waals surface area contributed by atoms with Gasteiger partial charge in [0.25, 0.3) is 5.69 Å². The highest BCUT2D eigenvalue weighted by Crippen LogP contribution is 2.38. The first-order valence-electron chi connectivity index (χ1n) is 8.36. The maximum atomic E-state index is 11.9. The van der Waals surface area contributed by atoms with E-state index in [1.807, 2.05) is 0 Å². The van der Waals surface area contributed by atoms with Crippen LogP contribution < -0.4 is 10.1 Å². The van der Waals surface area contributed by atoms with Gasteiger partial charge >= 0.3 is 17.8 Å². The van der Waals surface area contributed by atoms with Gasteiger partial charge in [0, 0.05) is 36.4 Å². The van der Waals surface area contributed by atoms with E-state index in [1.165, 1.54) is 24.3 Å². The van der Waals surface area contributed by atoms with E-state index >= 15 is 0 Å². The Hall–Kier alpha value is -3.72. The summed E-state index contributed by atoms with van der Waals surface area (Å²) in [5.74, 6) is -2.76. The Morgan fingerprint density at radius 3 is 2.32 bits per heavy atom. The van der Waals surface area contributed by atoms with Gasteiger partial charge in [-0.25, -0.2) is 14.9 Å².